The zero-order valence-corrected chi connectivity index (χ0v) is 19.0. The van der Waals surface area contributed by atoms with Crippen LogP contribution in [0.2, 0.25) is 0 Å². The van der Waals surface area contributed by atoms with Gasteiger partial charge >= 0.3 is 0 Å². The van der Waals surface area contributed by atoms with Crippen LogP contribution in [0.15, 0.2) is 11.6 Å². The van der Waals surface area contributed by atoms with Crippen LogP contribution in [0.25, 0.3) is 0 Å². The van der Waals surface area contributed by atoms with Gasteiger partial charge in [0.25, 0.3) is 0 Å². The summed E-state index contributed by atoms with van der Waals surface area (Å²) in [5, 5.41) is 11.0. The van der Waals surface area contributed by atoms with Crippen molar-refractivity contribution in [2.45, 2.75) is 109 Å². The second kappa shape index (κ2) is 7.29. The quantitative estimate of drug-likeness (QED) is 0.638. The Morgan fingerprint density at radius 2 is 1.73 bits per heavy atom. The topological polar surface area (TPSA) is 54.4 Å². The highest BCUT2D eigenvalue weighted by Gasteiger charge is 2.60. The number of allylic oxidation sites excluding steroid dienone is 1. The minimum atomic E-state index is -0.729. The van der Waals surface area contributed by atoms with E-state index < -0.39 is 5.60 Å². The fraction of sp³-hybridized carbons (Fsp3) is 0.852. The van der Waals surface area contributed by atoms with Crippen molar-refractivity contribution in [1.82, 2.24) is 0 Å². The first-order valence-electron chi connectivity index (χ1n) is 12.7. The van der Waals surface area contributed by atoms with Gasteiger partial charge in [0.05, 0.1) is 5.60 Å². The Morgan fingerprint density at radius 1 is 0.967 bits per heavy atom. The molecular formula is C27H40O3. The van der Waals surface area contributed by atoms with E-state index in [1.54, 1.807) is 0 Å². The van der Waals surface area contributed by atoms with Gasteiger partial charge in [-0.3, -0.25) is 9.59 Å². The molecule has 0 saturated heterocycles. The van der Waals surface area contributed by atoms with Gasteiger partial charge in [-0.1, -0.05) is 38.7 Å². The molecule has 0 aromatic heterocycles. The third-order valence-electron chi connectivity index (χ3n) is 10.6. The molecule has 5 aliphatic rings. The smallest absolute Gasteiger partial charge is 0.155 e. The molecule has 1 N–H and O–H groups in total. The summed E-state index contributed by atoms with van der Waals surface area (Å²) in [7, 11) is 0. The van der Waals surface area contributed by atoms with Crippen molar-refractivity contribution in [1.29, 1.82) is 0 Å². The number of rotatable bonds is 3. The molecule has 0 aromatic rings. The molecule has 0 aromatic carbocycles. The molecule has 0 aliphatic heterocycles. The minimum absolute atomic E-state index is 0.116. The first kappa shape index (κ1) is 20.9. The van der Waals surface area contributed by atoms with E-state index in [0.29, 0.717) is 42.2 Å². The Bertz CT molecular complexity index is 760. The van der Waals surface area contributed by atoms with Crippen molar-refractivity contribution in [3.8, 4) is 0 Å². The number of carbonyl (C=O) groups excluding carboxylic acids is 2. The standard InChI is InChI=1S/C27H40O3/c1-25-14-10-19(28)16-18(25)6-7-20-21-8-9-23(26(21,2)15-11-22(20)25)24(29)17-27(30)12-4-3-5-13-27/h16,20-23,30H,3-15,17H2,1-2H3/t20?,21?,22?,23-,25+,26+/m1/s1. The van der Waals surface area contributed by atoms with Crippen molar-refractivity contribution in [2.75, 3.05) is 0 Å². The Kier molecular flexibility index (Phi) is 5.08. The lowest BCUT2D eigenvalue weighted by Gasteiger charge is -2.58. The molecule has 0 heterocycles. The Morgan fingerprint density at radius 3 is 2.50 bits per heavy atom. The van der Waals surface area contributed by atoms with Crippen LogP contribution in [0.1, 0.15) is 104 Å². The molecule has 0 amide bonds. The molecule has 4 saturated carbocycles. The van der Waals surface area contributed by atoms with Crippen molar-refractivity contribution in [3.05, 3.63) is 11.6 Å². The maximum Gasteiger partial charge on any atom is 0.155 e. The highest BCUT2D eigenvalue weighted by molar-refractivity contribution is 5.91. The molecule has 5 rings (SSSR count). The number of hydrogen-bond acceptors (Lipinski definition) is 3. The zero-order valence-electron chi connectivity index (χ0n) is 19.0. The molecule has 0 radical (unpaired) electrons. The van der Waals surface area contributed by atoms with E-state index in [9.17, 15) is 14.7 Å². The van der Waals surface area contributed by atoms with Crippen molar-refractivity contribution < 1.29 is 14.7 Å². The molecule has 5 aliphatic carbocycles. The van der Waals surface area contributed by atoms with Crippen LogP contribution in [0.3, 0.4) is 0 Å². The van der Waals surface area contributed by atoms with Crippen LogP contribution in [-0.4, -0.2) is 22.3 Å². The molecule has 3 nitrogen and oxygen atoms in total. The van der Waals surface area contributed by atoms with Crippen LogP contribution in [0.5, 0.6) is 0 Å². The summed E-state index contributed by atoms with van der Waals surface area (Å²) in [5.41, 5.74) is 1.02. The largest absolute Gasteiger partial charge is 0.389 e. The third-order valence-corrected chi connectivity index (χ3v) is 10.6. The fourth-order valence-corrected chi connectivity index (χ4v) is 8.92. The number of aliphatic hydroxyl groups is 1. The van der Waals surface area contributed by atoms with Gasteiger partial charge in [0, 0.05) is 18.8 Å². The molecule has 3 unspecified atom stereocenters. The van der Waals surface area contributed by atoms with Gasteiger partial charge in [-0.05, 0) is 92.4 Å². The number of carbonyl (C=O) groups is 2. The molecule has 6 atom stereocenters. The second-order valence-electron chi connectivity index (χ2n) is 12.1. The highest BCUT2D eigenvalue weighted by Crippen LogP contribution is 2.66. The predicted octanol–water partition coefficient (Wildman–Crippen LogP) is 5.79. The van der Waals surface area contributed by atoms with Crippen LogP contribution < -0.4 is 0 Å². The Hall–Kier alpha value is -0.960. The van der Waals surface area contributed by atoms with Gasteiger partial charge < -0.3 is 5.11 Å². The van der Waals surface area contributed by atoms with Gasteiger partial charge in [-0.25, -0.2) is 0 Å². The summed E-state index contributed by atoms with van der Waals surface area (Å²) in [6.07, 6.45) is 15.9. The Labute approximate surface area is 182 Å². The highest BCUT2D eigenvalue weighted by atomic mass is 16.3. The molecule has 0 spiro atoms. The summed E-state index contributed by atoms with van der Waals surface area (Å²) in [6, 6.07) is 0. The normalized spacial score (nSPS) is 45.2. The molecule has 166 valence electrons. The first-order chi connectivity index (χ1) is 14.3. The van der Waals surface area contributed by atoms with E-state index in [-0.39, 0.29) is 16.7 Å². The van der Waals surface area contributed by atoms with E-state index in [0.717, 1.165) is 51.4 Å². The molecule has 0 bridgehead atoms. The lowest BCUT2D eigenvalue weighted by molar-refractivity contribution is -0.136. The first-order valence-corrected chi connectivity index (χ1v) is 12.7. The Balaban J connectivity index is 1.35. The van der Waals surface area contributed by atoms with Crippen molar-refractivity contribution in [2.24, 2.45) is 34.5 Å². The van der Waals surface area contributed by atoms with Gasteiger partial charge in [0.2, 0.25) is 0 Å². The van der Waals surface area contributed by atoms with Crippen LogP contribution >= 0.6 is 0 Å². The predicted molar refractivity (Wildman–Crippen MR) is 118 cm³/mol. The lowest BCUT2D eigenvalue weighted by atomic mass is 9.46. The van der Waals surface area contributed by atoms with E-state index >= 15 is 0 Å². The van der Waals surface area contributed by atoms with E-state index in [4.69, 9.17) is 0 Å². The van der Waals surface area contributed by atoms with Gasteiger partial charge in [-0.15, -0.1) is 0 Å². The lowest BCUT2D eigenvalue weighted by Crippen LogP contribution is -2.51. The van der Waals surface area contributed by atoms with Gasteiger partial charge in [0.1, 0.15) is 5.78 Å². The van der Waals surface area contributed by atoms with Gasteiger partial charge in [0.15, 0.2) is 5.78 Å². The number of hydrogen-bond donors (Lipinski definition) is 1. The minimum Gasteiger partial charge on any atom is -0.389 e. The average Bonchev–Trinajstić information content (AvgIpc) is 3.06. The average molecular weight is 413 g/mol. The molecule has 4 fully saturated rings. The fourth-order valence-electron chi connectivity index (χ4n) is 8.92. The number of fused-ring (bicyclic) bond motifs is 5. The summed E-state index contributed by atoms with van der Waals surface area (Å²) < 4.78 is 0. The SMILES string of the molecule is C[C@]12CCC(=O)C=C1CCC1C2CC[C@@]2(C)C1CC[C@@H]2C(=O)CC1(O)CCCCC1. The summed E-state index contributed by atoms with van der Waals surface area (Å²) >= 11 is 0. The maximum atomic E-state index is 13.5. The van der Waals surface area contributed by atoms with E-state index in [2.05, 4.69) is 13.8 Å². The molecule has 3 heteroatoms. The summed E-state index contributed by atoms with van der Waals surface area (Å²) in [5.74, 6) is 2.85. The molecular weight excluding hydrogens is 372 g/mol. The summed E-state index contributed by atoms with van der Waals surface area (Å²) in [4.78, 5) is 25.5. The van der Waals surface area contributed by atoms with Crippen molar-refractivity contribution >= 4 is 11.6 Å². The second-order valence-corrected chi connectivity index (χ2v) is 12.1. The van der Waals surface area contributed by atoms with Crippen LogP contribution in [-0.2, 0) is 9.59 Å². The van der Waals surface area contributed by atoms with Crippen LogP contribution in [0, 0.1) is 34.5 Å². The number of Topliss-reactive ketones (excluding diaryl/α,β-unsaturated/α-hetero) is 1. The third kappa shape index (κ3) is 3.17. The van der Waals surface area contributed by atoms with E-state index in [1.807, 2.05) is 6.08 Å². The molecule has 30 heavy (non-hydrogen) atoms. The van der Waals surface area contributed by atoms with E-state index in [1.165, 1.54) is 31.3 Å². The monoisotopic (exact) mass is 412 g/mol. The maximum absolute atomic E-state index is 13.5. The van der Waals surface area contributed by atoms with Gasteiger partial charge in [-0.2, -0.15) is 0 Å². The zero-order chi connectivity index (χ0) is 21.1. The number of ketones is 2. The van der Waals surface area contributed by atoms with Crippen LogP contribution in [0.4, 0.5) is 0 Å². The summed E-state index contributed by atoms with van der Waals surface area (Å²) in [6.45, 7) is 4.84. The van der Waals surface area contributed by atoms with Crippen molar-refractivity contribution in [3.63, 3.8) is 0 Å².